The summed E-state index contributed by atoms with van der Waals surface area (Å²) in [5, 5.41) is 30.8. The first-order valence-electron chi connectivity index (χ1n) is 8.46. The van der Waals surface area contributed by atoms with Crippen LogP contribution in [0.2, 0.25) is 0 Å². The van der Waals surface area contributed by atoms with Gasteiger partial charge in [0.1, 0.15) is 11.9 Å². The molecular weight excluding hydrogens is 420 g/mol. The number of carboxylic acids is 1. The molecule has 164 valence electrons. The normalized spacial score (nSPS) is 11.2. The standard InChI is InChI=1S/C18H16N2O11/c1-10(30-18(23)31-12-5-3-11(4-6-12)19(24)25)13-7-15(28-2)16(29-9-17(21)22)8-14(13)20(26)27/h3-8,10H,9H2,1-2H3,(H,21,22). The number of methoxy groups -OCH3 is 1. The van der Waals surface area contributed by atoms with Crippen LogP contribution >= 0.6 is 0 Å². The van der Waals surface area contributed by atoms with Gasteiger partial charge in [0.15, 0.2) is 18.1 Å². The number of nitro benzene ring substituents is 2. The SMILES string of the molecule is COc1cc(C(C)OC(=O)Oc2ccc([N+](=O)[O-])cc2)c([N+](=O)[O-])cc1OCC(=O)O. The Balaban J connectivity index is 2.21. The van der Waals surface area contributed by atoms with Crippen LogP contribution in [0.3, 0.4) is 0 Å². The van der Waals surface area contributed by atoms with E-state index >= 15 is 0 Å². The van der Waals surface area contributed by atoms with Gasteiger partial charge >= 0.3 is 12.1 Å². The molecule has 0 aliphatic heterocycles. The van der Waals surface area contributed by atoms with E-state index in [4.69, 9.17) is 24.1 Å². The molecule has 0 aliphatic rings. The Kier molecular flexibility index (Phi) is 7.28. The summed E-state index contributed by atoms with van der Waals surface area (Å²) in [7, 11) is 1.24. The Bertz CT molecular complexity index is 1000. The molecule has 2 aromatic carbocycles. The van der Waals surface area contributed by atoms with Crippen molar-refractivity contribution in [2.45, 2.75) is 13.0 Å². The highest BCUT2D eigenvalue weighted by Crippen LogP contribution is 2.38. The van der Waals surface area contributed by atoms with Gasteiger partial charge in [-0.3, -0.25) is 20.2 Å². The molecule has 0 heterocycles. The summed E-state index contributed by atoms with van der Waals surface area (Å²) in [4.78, 5) is 43.4. The molecule has 13 heteroatoms. The molecule has 2 rings (SSSR count). The van der Waals surface area contributed by atoms with Gasteiger partial charge in [-0.15, -0.1) is 0 Å². The minimum atomic E-state index is -1.29. The topological polar surface area (TPSA) is 178 Å². The van der Waals surface area contributed by atoms with Crippen LogP contribution in [0.1, 0.15) is 18.6 Å². The second-order valence-corrected chi connectivity index (χ2v) is 5.86. The van der Waals surface area contributed by atoms with Gasteiger partial charge in [0.05, 0.1) is 28.6 Å². The number of carbonyl (C=O) groups excluding carboxylic acids is 1. The summed E-state index contributed by atoms with van der Waals surface area (Å²) in [5.41, 5.74) is -0.774. The fraction of sp³-hybridized carbons (Fsp3) is 0.222. The smallest absolute Gasteiger partial charge is 0.493 e. The zero-order valence-corrected chi connectivity index (χ0v) is 16.2. The Hall–Kier alpha value is -4.42. The lowest BCUT2D eigenvalue weighted by molar-refractivity contribution is -0.386. The highest BCUT2D eigenvalue weighted by molar-refractivity contribution is 5.69. The van der Waals surface area contributed by atoms with Gasteiger partial charge in [-0.05, 0) is 25.1 Å². The molecule has 0 aliphatic carbocycles. The van der Waals surface area contributed by atoms with Crippen LogP contribution in [0.4, 0.5) is 16.2 Å². The Morgan fingerprint density at radius 3 is 2.23 bits per heavy atom. The van der Waals surface area contributed by atoms with Gasteiger partial charge < -0.3 is 24.1 Å². The summed E-state index contributed by atoms with van der Waals surface area (Å²) in [6.45, 7) is 0.594. The molecule has 31 heavy (non-hydrogen) atoms. The molecule has 2 aromatic rings. The largest absolute Gasteiger partial charge is 0.514 e. The lowest BCUT2D eigenvalue weighted by Gasteiger charge is -2.16. The number of non-ortho nitro benzene ring substituents is 1. The van der Waals surface area contributed by atoms with Gasteiger partial charge in [-0.1, -0.05) is 0 Å². The van der Waals surface area contributed by atoms with Crippen molar-refractivity contribution < 1.29 is 43.5 Å². The van der Waals surface area contributed by atoms with E-state index in [1.165, 1.54) is 32.2 Å². The van der Waals surface area contributed by atoms with Crippen LogP contribution in [0.25, 0.3) is 0 Å². The molecule has 0 saturated carbocycles. The number of hydrogen-bond donors (Lipinski definition) is 1. The summed E-state index contributed by atoms with van der Waals surface area (Å²) >= 11 is 0. The third-order valence-corrected chi connectivity index (χ3v) is 3.82. The van der Waals surface area contributed by atoms with E-state index in [9.17, 15) is 29.8 Å². The highest BCUT2D eigenvalue weighted by Gasteiger charge is 2.27. The maximum Gasteiger partial charge on any atom is 0.514 e. The number of benzene rings is 2. The number of carboxylic acid groups (broad SMARTS) is 1. The first-order valence-corrected chi connectivity index (χ1v) is 8.46. The van der Waals surface area contributed by atoms with Crippen molar-refractivity contribution in [2.24, 2.45) is 0 Å². The maximum absolute atomic E-state index is 12.0. The molecule has 1 unspecified atom stereocenters. The molecule has 13 nitrogen and oxygen atoms in total. The number of aliphatic carboxylic acids is 1. The number of hydrogen-bond acceptors (Lipinski definition) is 10. The molecule has 0 fully saturated rings. The van der Waals surface area contributed by atoms with Crippen LogP contribution in [-0.2, 0) is 9.53 Å². The van der Waals surface area contributed by atoms with Crippen molar-refractivity contribution in [3.63, 3.8) is 0 Å². The number of rotatable bonds is 9. The number of carbonyl (C=O) groups is 2. The van der Waals surface area contributed by atoms with Crippen molar-refractivity contribution in [3.05, 3.63) is 62.2 Å². The predicted octanol–water partition coefficient (Wildman–Crippen LogP) is 3.25. The highest BCUT2D eigenvalue weighted by atomic mass is 16.7. The third-order valence-electron chi connectivity index (χ3n) is 3.82. The van der Waals surface area contributed by atoms with Crippen molar-refractivity contribution in [2.75, 3.05) is 13.7 Å². The van der Waals surface area contributed by atoms with Gasteiger partial charge in [0, 0.05) is 12.1 Å². The van der Waals surface area contributed by atoms with Crippen molar-refractivity contribution in [3.8, 4) is 17.2 Å². The van der Waals surface area contributed by atoms with Crippen LogP contribution in [0.5, 0.6) is 17.2 Å². The van der Waals surface area contributed by atoms with Crippen LogP contribution in [-0.4, -0.2) is 40.8 Å². The Morgan fingerprint density at radius 1 is 1.06 bits per heavy atom. The summed E-state index contributed by atoms with van der Waals surface area (Å²) < 4.78 is 20.0. The molecule has 0 radical (unpaired) electrons. The lowest BCUT2D eigenvalue weighted by Crippen LogP contribution is -2.15. The zero-order valence-electron chi connectivity index (χ0n) is 16.2. The van der Waals surface area contributed by atoms with Crippen molar-refractivity contribution in [1.29, 1.82) is 0 Å². The molecule has 0 saturated heterocycles. The van der Waals surface area contributed by atoms with Crippen molar-refractivity contribution >= 4 is 23.5 Å². The van der Waals surface area contributed by atoms with E-state index in [-0.39, 0.29) is 28.5 Å². The van der Waals surface area contributed by atoms with E-state index in [0.29, 0.717) is 0 Å². The Morgan fingerprint density at radius 2 is 1.71 bits per heavy atom. The first-order chi connectivity index (χ1) is 14.6. The minimum Gasteiger partial charge on any atom is -0.493 e. The van der Waals surface area contributed by atoms with Crippen molar-refractivity contribution in [1.82, 2.24) is 0 Å². The monoisotopic (exact) mass is 436 g/mol. The van der Waals surface area contributed by atoms with Gasteiger partial charge in [0.25, 0.3) is 11.4 Å². The quantitative estimate of drug-likeness (QED) is 0.264. The number of nitrogens with zero attached hydrogens (tertiary/aromatic N) is 2. The first kappa shape index (κ1) is 22.9. The molecule has 1 atom stereocenters. The van der Waals surface area contributed by atoms with Crippen LogP contribution < -0.4 is 14.2 Å². The van der Waals surface area contributed by atoms with Gasteiger partial charge in [-0.2, -0.15) is 0 Å². The predicted molar refractivity (Wildman–Crippen MR) is 101 cm³/mol. The van der Waals surface area contributed by atoms with Crippen LogP contribution in [0.15, 0.2) is 36.4 Å². The molecule has 0 amide bonds. The average Bonchev–Trinajstić information content (AvgIpc) is 2.71. The molecule has 0 aromatic heterocycles. The fourth-order valence-electron chi connectivity index (χ4n) is 2.42. The summed E-state index contributed by atoms with van der Waals surface area (Å²) in [6.07, 6.45) is -2.38. The van der Waals surface area contributed by atoms with E-state index in [2.05, 4.69) is 0 Å². The number of ether oxygens (including phenoxy) is 4. The second-order valence-electron chi connectivity index (χ2n) is 5.86. The number of nitro groups is 2. The molecule has 0 spiro atoms. The third kappa shape index (κ3) is 6.03. The van der Waals surface area contributed by atoms with E-state index in [1.807, 2.05) is 0 Å². The fourth-order valence-corrected chi connectivity index (χ4v) is 2.42. The lowest BCUT2D eigenvalue weighted by atomic mass is 10.1. The molecule has 0 bridgehead atoms. The van der Waals surface area contributed by atoms with Gasteiger partial charge in [0.2, 0.25) is 0 Å². The maximum atomic E-state index is 12.0. The van der Waals surface area contributed by atoms with Gasteiger partial charge in [-0.25, -0.2) is 9.59 Å². The van der Waals surface area contributed by atoms with Crippen LogP contribution in [0, 0.1) is 20.2 Å². The average molecular weight is 436 g/mol. The summed E-state index contributed by atoms with van der Waals surface area (Å²) in [5.74, 6) is -1.52. The van der Waals surface area contributed by atoms with E-state index in [0.717, 1.165) is 18.2 Å². The zero-order chi connectivity index (χ0) is 23.1. The Labute approximate surface area is 174 Å². The molecular formula is C18H16N2O11. The summed E-state index contributed by atoms with van der Waals surface area (Å²) in [6, 6.07) is 6.75. The van der Waals surface area contributed by atoms with E-state index in [1.54, 1.807) is 0 Å². The minimum absolute atomic E-state index is 0.0129. The molecule has 1 N–H and O–H groups in total. The van der Waals surface area contributed by atoms with E-state index < -0.39 is 40.4 Å². The second kappa shape index (κ2) is 9.87.